The van der Waals surface area contributed by atoms with Gasteiger partial charge in [-0.05, 0) is 54.8 Å². The first-order valence-electron chi connectivity index (χ1n) is 5.52. The second kappa shape index (κ2) is 4.93. The van der Waals surface area contributed by atoms with Crippen molar-refractivity contribution in [2.45, 2.75) is 32.6 Å². The topological polar surface area (TPSA) is 40.1 Å². The summed E-state index contributed by atoms with van der Waals surface area (Å²) in [4.78, 5) is 0.520. The molecule has 0 spiro atoms. The molecule has 0 fully saturated rings. The molecule has 2 nitrogen and oxygen atoms in total. The maximum Gasteiger partial charge on any atom is 0.00274 e. The van der Waals surface area contributed by atoms with E-state index in [1.807, 2.05) is 6.08 Å². The van der Waals surface area contributed by atoms with Crippen molar-refractivity contribution in [2.75, 3.05) is 0 Å². The van der Waals surface area contributed by atoms with Gasteiger partial charge in [0, 0.05) is 4.91 Å². The van der Waals surface area contributed by atoms with Crippen LogP contribution in [0.2, 0.25) is 0 Å². The highest BCUT2D eigenvalue weighted by Crippen LogP contribution is 2.30. The monoisotopic (exact) mass is 235 g/mol. The highest BCUT2D eigenvalue weighted by Gasteiger charge is 2.12. The lowest BCUT2D eigenvalue weighted by Gasteiger charge is -2.20. The van der Waals surface area contributed by atoms with E-state index >= 15 is 0 Å². The molecule has 0 aromatic rings. The summed E-state index contributed by atoms with van der Waals surface area (Å²) in [6.07, 6.45) is 11.7. The molecule has 0 bridgehead atoms. The Balaban J connectivity index is 2.16. The fourth-order valence-corrected chi connectivity index (χ4v) is 2.48. The molecule has 2 rings (SSSR count). The van der Waals surface area contributed by atoms with Gasteiger partial charge in [0.15, 0.2) is 0 Å². The highest BCUT2D eigenvalue weighted by atomic mass is 32.2. The van der Waals surface area contributed by atoms with Gasteiger partial charge in [0.05, 0.1) is 0 Å². The van der Waals surface area contributed by atoms with Crippen LogP contribution >= 0.6 is 0 Å². The van der Waals surface area contributed by atoms with Crippen LogP contribution in [0.4, 0.5) is 0 Å². The number of allylic oxidation sites excluding steroid dienone is 8. The second-order valence-corrected chi connectivity index (χ2v) is 5.26. The lowest BCUT2D eigenvalue weighted by Crippen LogP contribution is -2.02. The zero-order valence-corrected chi connectivity index (χ0v) is 10.2. The fourth-order valence-electron chi connectivity index (χ4n) is 2.03. The molecule has 0 saturated carbocycles. The number of rotatable bonds is 2. The lowest BCUT2D eigenvalue weighted by atomic mass is 9.89. The number of hydrogen-bond acceptors (Lipinski definition) is 2. The van der Waals surface area contributed by atoms with Crippen molar-refractivity contribution < 1.29 is 8.76 Å². The summed E-state index contributed by atoms with van der Waals surface area (Å²) in [6.45, 7) is 2.14. The predicted octanol–water partition coefficient (Wildman–Crippen LogP) is 3.14. The van der Waals surface area contributed by atoms with Gasteiger partial charge in [-0.15, -0.1) is 0 Å². The first kappa shape index (κ1) is 11.6. The van der Waals surface area contributed by atoms with Gasteiger partial charge < -0.3 is 4.55 Å². The van der Waals surface area contributed by atoms with Crippen molar-refractivity contribution >= 4 is 11.1 Å². The van der Waals surface area contributed by atoms with E-state index in [1.165, 1.54) is 16.7 Å². The average molecular weight is 235 g/mol. The van der Waals surface area contributed by atoms with Crippen LogP contribution in [0.25, 0.3) is 0 Å². The van der Waals surface area contributed by atoms with E-state index in [9.17, 15) is 8.76 Å². The molecule has 0 saturated heterocycles. The molecule has 3 heteroatoms. The third-order valence-electron chi connectivity index (χ3n) is 3.10. The highest BCUT2D eigenvalue weighted by molar-refractivity contribution is 7.83. The first-order chi connectivity index (χ1) is 7.66. The Morgan fingerprint density at radius 2 is 1.62 bits per heavy atom. The largest absolute Gasteiger partial charge is 0.769 e. The summed E-state index contributed by atoms with van der Waals surface area (Å²) >= 11 is -2.04. The molecule has 0 aromatic heterocycles. The maximum atomic E-state index is 10.8. The van der Waals surface area contributed by atoms with Gasteiger partial charge >= 0.3 is 0 Å². The van der Waals surface area contributed by atoms with Gasteiger partial charge in [-0.1, -0.05) is 29.9 Å². The summed E-state index contributed by atoms with van der Waals surface area (Å²) in [7, 11) is 0. The Morgan fingerprint density at radius 1 is 1.00 bits per heavy atom. The molecular weight excluding hydrogens is 220 g/mol. The second-order valence-electron chi connectivity index (χ2n) is 4.26. The SMILES string of the molecule is CC1=CC=C(C2=CC=C(S(=O)[O-])CC2)CC1. The molecule has 0 heterocycles. The van der Waals surface area contributed by atoms with Crippen LogP contribution in [-0.2, 0) is 11.1 Å². The molecule has 1 atom stereocenters. The third kappa shape index (κ3) is 2.60. The molecule has 1 unspecified atom stereocenters. The van der Waals surface area contributed by atoms with Gasteiger partial charge in [0.1, 0.15) is 0 Å². The van der Waals surface area contributed by atoms with E-state index in [0.29, 0.717) is 11.3 Å². The maximum absolute atomic E-state index is 10.8. The quantitative estimate of drug-likeness (QED) is 0.690. The summed E-state index contributed by atoms with van der Waals surface area (Å²) in [5.74, 6) is 0. The molecule has 0 amide bonds. The first-order valence-corrected chi connectivity index (χ1v) is 6.60. The van der Waals surface area contributed by atoms with E-state index in [2.05, 4.69) is 19.1 Å². The van der Waals surface area contributed by atoms with E-state index in [1.54, 1.807) is 6.08 Å². The molecule has 0 radical (unpaired) electrons. The third-order valence-corrected chi connectivity index (χ3v) is 3.86. The van der Waals surface area contributed by atoms with Crippen molar-refractivity contribution in [3.8, 4) is 0 Å². The van der Waals surface area contributed by atoms with Crippen molar-refractivity contribution in [2.24, 2.45) is 0 Å². The van der Waals surface area contributed by atoms with Crippen molar-refractivity contribution in [3.63, 3.8) is 0 Å². The molecule has 0 aliphatic heterocycles. The van der Waals surface area contributed by atoms with E-state index < -0.39 is 11.1 Å². The van der Waals surface area contributed by atoms with Crippen molar-refractivity contribution in [1.82, 2.24) is 0 Å². The van der Waals surface area contributed by atoms with Gasteiger partial charge in [-0.2, -0.15) is 0 Å². The zero-order chi connectivity index (χ0) is 11.5. The summed E-state index contributed by atoms with van der Waals surface area (Å²) in [6, 6.07) is 0. The number of hydrogen-bond donors (Lipinski definition) is 0. The van der Waals surface area contributed by atoms with Gasteiger partial charge in [0.25, 0.3) is 0 Å². The van der Waals surface area contributed by atoms with Crippen LogP contribution < -0.4 is 0 Å². The van der Waals surface area contributed by atoms with Crippen LogP contribution in [0, 0.1) is 0 Å². The molecule has 0 N–H and O–H groups in total. The Kier molecular flexibility index (Phi) is 3.56. The van der Waals surface area contributed by atoms with Crippen LogP contribution in [0.15, 0.2) is 45.9 Å². The predicted molar refractivity (Wildman–Crippen MR) is 65.4 cm³/mol. The van der Waals surface area contributed by atoms with E-state index in [4.69, 9.17) is 0 Å². The molecule has 2 aliphatic rings. The van der Waals surface area contributed by atoms with E-state index in [0.717, 1.165) is 19.3 Å². The Hall–Kier alpha value is -0.930. The van der Waals surface area contributed by atoms with Crippen LogP contribution in [0.5, 0.6) is 0 Å². The summed E-state index contributed by atoms with van der Waals surface area (Å²) in [5, 5.41) is 0. The zero-order valence-electron chi connectivity index (χ0n) is 9.36. The Labute approximate surface area is 98.7 Å². The molecule has 86 valence electrons. The van der Waals surface area contributed by atoms with Gasteiger partial charge in [-0.3, -0.25) is 4.21 Å². The van der Waals surface area contributed by atoms with Crippen molar-refractivity contribution in [3.05, 3.63) is 45.9 Å². The molecule has 2 aliphatic carbocycles. The average Bonchev–Trinajstić information content (AvgIpc) is 2.30. The smallest absolute Gasteiger partial charge is 0.00274 e. The van der Waals surface area contributed by atoms with Crippen LogP contribution in [0.3, 0.4) is 0 Å². The molecular formula is C13H15O2S-. The summed E-state index contributed by atoms with van der Waals surface area (Å²) in [5.41, 5.74) is 4.06. The van der Waals surface area contributed by atoms with Crippen LogP contribution in [-0.4, -0.2) is 8.76 Å². The fraction of sp³-hybridized carbons (Fsp3) is 0.385. The van der Waals surface area contributed by atoms with Gasteiger partial charge in [0.2, 0.25) is 0 Å². The standard InChI is InChI=1S/C13H16O2S/c1-10-2-4-11(5-3-10)12-6-8-13(9-7-12)16(14)15/h2,4,6,8H,3,5,7,9H2,1H3,(H,14,15)/p-1. The minimum absolute atomic E-state index is 0.520. The Bertz CT molecular complexity index is 439. The van der Waals surface area contributed by atoms with Gasteiger partial charge in [-0.25, -0.2) is 0 Å². The summed E-state index contributed by atoms with van der Waals surface area (Å²) < 4.78 is 21.5. The van der Waals surface area contributed by atoms with E-state index in [-0.39, 0.29) is 0 Å². The van der Waals surface area contributed by atoms with Crippen LogP contribution in [0.1, 0.15) is 32.6 Å². The lowest BCUT2D eigenvalue weighted by molar-refractivity contribution is 0.541. The Morgan fingerprint density at radius 3 is 2.06 bits per heavy atom. The minimum Gasteiger partial charge on any atom is -0.769 e. The van der Waals surface area contributed by atoms with Crippen molar-refractivity contribution in [1.29, 1.82) is 0 Å². The minimum atomic E-state index is -2.04. The normalized spacial score (nSPS) is 22.9. The molecule has 0 aromatic carbocycles. The molecule has 16 heavy (non-hydrogen) atoms.